The van der Waals surface area contributed by atoms with Crippen LogP contribution in [0, 0.1) is 0 Å². The van der Waals surface area contributed by atoms with E-state index in [1.807, 2.05) is 34.1 Å². The number of esters is 1. The van der Waals surface area contributed by atoms with E-state index >= 15 is 0 Å². The van der Waals surface area contributed by atoms with Crippen molar-refractivity contribution in [3.8, 4) is 5.75 Å². The van der Waals surface area contributed by atoms with Crippen LogP contribution in [0.2, 0.25) is 0 Å². The number of carbonyl (C=O) groups is 3. The van der Waals surface area contributed by atoms with E-state index < -0.39 is 5.97 Å². The average Bonchev–Trinajstić information content (AvgIpc) is 2.94. The first kappa shape index (κ1) is 22.3. The lowest BCUT2D eigenvalue weighted by Crippen LogP contribution is -2.39. The maximum atomic E-state index is 12.7. The zero-order valence-corrected chi connectivity index (χ0v) is 17.8. The number of hydrogen-bond donors (Lipinski definition) is 1. The van der Waals surface area contributed by atoms with Crippen LogP contribution in [0.25, 0.3) is 0 Å². The number of nitrogens with zero attached hydrogens (tertiary/aromatic N) is 2. The van der Waals surface area contributed by atoms with Gasteiger partial charge < -0.3 is 19.7 Å². The molecule has 0 atom stereocenters. The van der Waals surface area contributed by atoms with E-state index in [2.05, 4.69) is 5.32 Å². The molecule has 0 saturated carbocycles. The molecule has 8 heteroatoms. The second kappa shape index (κ2) is 10.6. The molecule has 1 N–H and O–H groups in total. The van der Waals surface area contributed by atoms with E-state index in [1.54, 1.807) is 31.4 Å². The summed E-state index contributed by atoms with van der Waals surface area (Å²) in [7, 11) is 2.93. The summed E-state index contributed by atoms with van der Waals surface area (Å²) in [5.41, 5.74) is 1.90. The highest BCUT2D eigenvalue weighted by molar-refractivity contribution is 5.95. The van der Waals surface area contributed by atoms with Gasteiger partial charge in [-0.1, -0.05) is 18.2 Å². The molecular formula is C23H27N3O5. The summed E-state index contributed by atoms with van der Waals surface area (Å²) in [5.74, 6) is 0.0682. The van der Waals surface area contributed by atoms with Gasteiger partial charge in [0.25, 0.3) is 0 Å². The van der Waals surface area contributed by atoms with Crippen LogP contribution in [0.1, 0.15) is 22.3 Å². The highest BCUT2D eigenvalue weighted by Gasteiger charge is 2.23. The Balaban J connectivity index is 1.54. The number of hydrogen-bond acceptors (Lipinski definition) is 6. The van der Waals surface area contributed by atoms with Crippen molar-refractivity contribution in [2.24, 2.45) is 0 Å². The molecule has 0 spiro atoms. The zero-order chi connectivity index (χ0) is 22.2. The zero-order valence-electron chi connectivity index (χ0n) is 17.8. The van der Waals surface area contributed by atoms with Gasteiger partial charge in [-0.25, -0.2) is 4.79 Å². The van der Waals surface area contributed by atoms with Crippen molar-refractivity contribution in [1.82, 2.24) is 9.80 Å². The molecule has 0 aromatic heterocycles. The van der Waals surface area contributed by atoms with Crippen molar-refractivity contribution in [2.45, 2.75) is 13.0 Å². The summed E-state index contributed by atoms with van der Waals surface area (Å²) in [5, 5.41) is 2.78. The van der Waals surface area contributed by atoms with E-state index in [0.717, 1.165) is 17.7 Å². The van der Waals surface area contributed by atoms with Crippen molar-refractivity contribution >= 4 is 23.5 Å². The maximum absolute atomic E-state index is 12.7. The molecule has 0 aliphatic carbocycles. The van der Waals surface area contributed by atoms with Crippen molar-refractivity contribution < 1.29 is 23.9 Å². The fourth-order valence-electron chi connectivity index (χ4n) is 3.48. The molecule has 164 valence electrons. The second-order valence-electron chi connectivity index (χ2n) is 7.35. The lowest BCUT2D eigenvalue weighted by molar-refractivity contribution is -0.132. The molecule has 3 rings (SSSR count). The summed E-state index contributed by atoms with van der Waals surface area (Å²) in [6.07, 6.45) is 0.785. The van der Waals surface area contributed by atoms with Gasteiger partial charge in [-0.05, 0) is 42.3 Å². The van der Waals surface area contributed by atoms with Crippen molar-refractivity contribution in [2.75, 3.05) is 45.7 Å². The number of methoxy groups -OCH3 is 2. The number of anilines is 1. The van der Waals surface area contributed by atoms with Gasteiger partial charge in [0.05, 0.1) is 32.9 Å². The molecule has 2 amide bonds. The minimum atomic E-state index is -0.467. The fourth-order valence-corrected chi connectivity index (χ4v) is 3.48. The number of rotatable bonds is 7. The van der Waals surface area contributed by atoms with Crippen LogP contribution in [0.3, 0.4) is 0 Å². The third kappa shape index (κ3) is 6.29. The SMILES string of the molecule is COC(=O)c1cccc(NC(=O)CN2CCCN(Cc3ccc(OC)cc3)C(=O)C2)c1. The Bertz CT molecular complexity index is 929. The van der Waals surface area contributed by atoms with Gasteiger partial charge in [0.2, 0.25) is 11.8 Å². The number of benzene rings is 2. The van der Waals surface area contributed by atoms with Crippen LogP contribution in [0.4, 0.5) is 5.69 Å². The van der Waals surface area contributed by atoms with Crippen molar-refractivity contribution in [1.29, 1.82) is 0 Å². The normalized spacial score (nSPS) is 14.6. The number of carbonyl (C=O) groups excluding carboxylic acids is 3. The average molecular weight is 425 g/mol. The van der Waals surface area contributed by atoms with Gasteiger partial charge in [-0.15, -0.1) is 0 Å². The number of nitrogens with one attached hydrogen (secondary N) is 1. The van der Waals surface area contributed by atoms with E-state index in [-0.39, 0.29) is 24.9 Å². The molecule has 2 aromatic carbocycles. The molecule has 1 aliphatic heterocycles. The highest BCUT2D eigenvalue weighted by Crippen LogP contribution is 2.15. The molecule has 1 saturated heterocycles. The third-order valence-electron chi connectivity index (χ3n) is 5.08. The summed E-state index contributed by atoms with van der Waals surface area (Å²) < 4.78 is 9.87. The first-order valence-electron chi connectivity index (χ1n) is 10.1. The summed E-state index contributed by atoms with van der Waals surface area (Å²) >= 11 is 0. The molecule has 0 bridgehead atoms. The maximum Gasteiger partial charge on any atom is 0.337 e. The van der Waals surface area contributed by atoms with Crippen LogP contribution < -0.4 is 10.1 Å². The monoisotopic (exact) mass is 425 g/mol. The lowest BCUT2D eigenvalue weighted by atomic mass is 10.2. The van der Waals surface area contributed by atoms with Gasteiger partial charge >= 0.3 is 5.97 Å². The first-order valence-corrected chi connectivity index (χ1v) is 10.1. The predicted octanol–water partition coefficient (Wildman–Crippen LogP) is 2.15. The Labute approximate surface area is 181 Å². The van der Waals surface area contributed by atoms with Crippen molar-refractivity contribution in [3.63, 3.8) is 0 Å². The molecule has 1 aliphatic rings. The standard InChI is InChI=1S/C23H27N3O5/c1-30-20-9-7-17(8-10-20)14-26-12-4-11-25(16-22(26)28)15-21(27)24-19-6-3-5-18(13-19)23(29)31-2/h3,5-10,13H,4,11-12,14-16H2,1-2H3,(H,24,27). The Hall–Kier alpha value is -3.39. The van der Waals surface area contributed by atoms with Gasteiger partial charge in [-0.2, -0.15) is 0 Å². The molecule has 2 aromatic rings. The molecule has 0 radical (unpaired) electrons. The minimum Gasteiger partial charge on any atom is -0.497 e. The fraction of sp³-hybridized carbons (Fsp3) is 0.348. The van der Waals surface area contributed by atoms with Crippen LogP contribution in [-0.4, -0.2) is 68.0 Å². The predicted molar refractivity (Wildman–Crippen MR) is 116 cm³/mol. The van der Waals surface area contributed by atoms with E-state index in [0.29, 0.717) is 30.9 Å². The third-order valence-corrected chi connectivity index (χ3v) is 5.08. The smallest absolute Gasteiger partial charge is 0.337 e. The van der Waals surface area contributed by atoms with Gasteiger partial charge in [-0.3, -0.25) is 14.5 Å². The summed E-state index contributed by atoms with van der Waals surface area (Å²) in [6, 6.07) is 14.2. The molecule has 31 heavy (non-hydrogen) atoms. The highest BCUT2D eigenvalue weighted by atomic mass is 16.5. The second-order valence-corrected chi connectivity index (χ2v) is 7.35. The number of ether oxygens (including phenoxy) is 2. The minimum absolute atomic E-state index is 0.00573. The molecule has 1 fully saturated rings. The van der Waals surface area contributed by atoms with Gasteiger partial charge in [0, 0.05) is 25.3 Å². The van der Waals surface area contributed by atoms with E-state index in [1.165, 1.54) is 7.11 Å². The molecular weight excluding hydrogens is 398 g/mol. The van der Waals surface area contributed by atoms with Gasteiger partial charge in [0.15, 0.2) is 0 Å². The van der Waals surface area contributed by atoms with Crippen LogP contribution in [0.5, 0.6) is 5.75 Å². The van der Waals surface area contributed by atoms with Crippen LogP contribution >= 0.6 is 0 Å². The van der Waals surface area contributed by atoms with E-state index in [9.17, 15) is 14.4 Å². The van der Waals surface area contributed by atoms with Crippen LogP contribution in [0.15, 0.2) is 48.5 Å². The molecule has 0 unspecified atom stereocenters. The lowest BCUT2D eigenvalue weighted by Gasteiger charge is -2.22. The van der Waals surface area contributed by atoms with Gasteiger partial charge in [0.1, 0.15) is 5.75 Å². The Morgan fingerprint density at radius 2 is 1.84 bits per heavy atom. The molecule has 1 heterocycles. The largest absolute Gasteiger partial charge is 0.497 e. The molecule has 8 nitrogen and oxygen atoms in total. The topological polar surface area (TPSA) is 88.2 Å². The first-order chi connectivity index (χ1) is 15.0. The Kier molecular flexibility index (Phi) is 7.61. The van der Waals surface area contributed by atoms with Crippen molar-refractivity contribution in [3.05, 3.63) is 59.7 Å². The Morgan fingerprint density at radius 3 is 2.55 bits per heavy atom. The number of amides is 2. The summed E-state index contributed by atoms with van der Waals surface area (Å²) in [6.45, 7) is 2.12. The van der Waals surface area contributed by atoms with E-state index in [4.69, 9.17) is 9.47 Å². The quantitative estimate of drug-likeness (QED) is 0.684. The Morgan fingerprint density at radius 1 is 1.06 bits per heavy atom. The summed E-state index contributed by atoms with van der Waals surface area (Å²) in [4.78, 5) is 40.5. The van der Waals surface area contributed by atoms with Crippen LogP contribution in [-0.2, 0) is 20.9 Å².